The number of hydrogen-bond donors (Lipinski definition) is 0. The second-order valence-corrected chi connectivity index (χ2v) is 5.67. The molecule has 4 rings (SSSR count). The van der Waals surface area contributed by atoms with Crippen LogP contribution in [0.4, 0.5) is 0 Å². The van der Waals surface area contributed by atoms with E-state index in [2.05, 4.69) is 0 Å². The summed E-state index contributed by atoms with van der Waals surface area (Å²) in [5.41, 5.74) is 1.36. The van der Waals surface area contributed by atoms with Crippen molar-refractivity contribution in [3.63, 3.8) is 0 Å². The molecule has 5 heteroatoms. The van der Waals surface area contributed by atoms with Gasteiger partial charge in [-0.25, -0.2) is 4.79 Å². The van der Waals surface area contributed by atoms with Crippen LogP contribution in [0.25, 0.3) is 0 Å². The second kappa shape index (κ2) is 6.56. The molecule has 3 aromatic rings. The molecule has 3 aromatic carbocycles. The quantitative estimate of drug-likeness (QED) is 0.457. The van der Waals surface area contributed by atoms with E-state index >= 15 is 0 Å². The Hall–Kier alpha value is -2.27. The van der Waals surface area contributed by atoms with E-state index in [0.29, 0.717) is 22.3 Å². The number of carbonyl (C=O) groups excluding carboxylic acids is 1. The van der Waals surface area contributed by atoms with E-state index in [-0.39, 0.29) is 41.1 Å². The first-order valence-corrected chi connectivity index (χ1v) is 7.49. The molecule has 25 heavy (non-hydrogen) atoms. The Bertz CT molecular complexity index is 872. The maximum Gasteiger partial charge on any atom is 1.00 e. The van der Waals surface area contributed by atoms with Gasteiger partial charge in [0.25, 0.3) is 0 Å². The summed E-state index contributed by atoms with van der Waals surface area (Å²) >= 11 is 0. The number of cyclic esters (lactones) is 1. The zero-order valence-corrected chi connectivity index (χ0v) is 15.6. The van der Waals surface area contributed by atoms with Gasteiger partial charge in [-0.2, -0.15) is 0 Å². The average Bonchev–Trinajstić information content (AvgIpc) is 2.91. The van der Waals surface area contributed by atoms with Crippen LogP contribution >= 0.6 is 0 Å². The molecule has 1 aliphatic rings. The third kappa shape index (κ3) is 2.72. The number of hydrogen-bond acceptors (Lipinski definition) is 4. The fraction of sp³-hybridized carbons (Fsp3) is 0.0500. The standard InChI is InChI=1S/C20H14O4.Na/c21-15-9-5-13(6-10-15)20(14-7-11-16(22)12-8-14)18-4-2-1-3-17(18)19(23)24-20;/h1-12,21-22H;/q;+1/p-2. The summed E-state index contributed by atoms with van der Waals surface area (Å²) in [4.78, 5) is 12.4. The maximum absolute atomic E-state index is 12.4. The van der Waals surface area contributed by atoms with E-state index in [0.717, 1.165) is 0 Å². The maximum atomic E-state index is 12.4. The third-order valence-corrected chi connectivity index (χ3v) is 4.29. The minimum Gasteiger partial charge on any atom is -0.872 e. The molecule has 4 nitrogen and oxygen atoms in total. The van der Waals surface area contributed by atoms with Crippen molar-refractivity contribution < 1.29 is 49.3 Å². The van der Waals surface area contributed by atoms with Gasteiger partial charge in [-0.15, -0.1) is 11.5 Å². The van der Waals surface area contributed by atoms with Gasteiger partial charge < -0.3 is 14.9 Å². The van der Waals surface area contributed by atoms with Gasteiger partial charge in [0.1, 0.15) is 0 Å². The van der Waals surface area contributed by atoms with Crippen LogP contribution in [0, 0.1) is 0 Å². The Balaban J connectivity index is 0.00000182. The Labute approximate surface area is 167 Å². The van der Waals surface area contributed by atoms with Gasteiger partial charge in [-0.1, -0.05) is 66.7 Å². The SMILES string of the molecule is O=C1OC(c2ccc([O-])cc2)(c2ccc([O-])cc2)c2ccccc21.[Na+]. The normalized spacial score (nSPS) is 14.3. The molecule has 0 spiro atoms. The number of carbonyl (C=O) groups is 1. The smallest absolute Gasteiger partial charge is 0.872 e. The van der Waals surface area contributed by atoms with Gasteiger partial charge in [0.05, 0.1) is 5.56 Å². The van der Waals surface area contributed by atoms with E-state index < -0.39 is 11.6 Å². The van der Waals surface area contributed by atoms with E-state index in [4.69, 9.17) is 4.74 Å². The van der Waals surface area contributed by atoms with Gasteiger partial charge in [-0.3, -0.25) is 0 Å². The summed E-state index contributed by atoms with van der Waals surface area (Å²) in [5, 5.41) is 23.0. The molecule has 0 radical (unpaired) electrons. The second-order valence-electron chi connectivity index (χ2n) is 5.67. The van der Waals surface area contributed by atoms with E-state index in [1.165, 1.54) is 24.3 Å². The van der Waals surface area contributed by atoms with Crippen LogP contribution in [-0.4, -0.2) is 5.97 Å². The van der Waals surface area contributed by atoms with Crippen LogP contribution in [0.1, 0.15) is 27.0 Å². The molecule has 0 bridgehead atoms. The van der Waals surface area contributed by atoms with Gasteiger partial charge in [0, 0.05) is 16.7 Å². The molecular weight excluding hydrogens is 327 g/mol. The predicted octanol–water partition coefficient (Wildman–Crippen LogP) is -0.700. The monoisotopic (exact) mass is 339 g/mol. The third-order valence-electron chi connectivity index (χ3n) is 4.29. The van der Waals surface area contributed by atoms with Crippen molar-refractivity contribution in [1.82, 2.24) is 0 Å². The van der Waals surface area contributed by atoms with Crippen LogP contribution in [-0.2, 0) is 10.3 Å². The van der Waals surface area contributed by atoms with Crippen LogP contribution < -0.4 is 39.8 Å². The van der Waals surface area contributed by atoms with Crippen LogP contribution in [0.15, 0.2) is 72.8 Å². The predicted molar refractivity (Wildman–Crippen MR) is 83.5 cm³/mol. The van der Waals surface area contributed by atoms with Crippen LogP contribution in [0.2, 0.25) is 0 Å². The summed E-state index contributed by atoms with van der Waals surface area (Å²) in [6.45, 7) is 0. The molecule has 1 aliphatic heterocycles. The Morgan fingerprint density at radius 1 is 0.720 bits per heavy atom. The summed E-state index contributed by atoms with van der Waals surface area (Å²) in [5.74, 6) is -0.675. The summed E-state index contributed by atoms with van der Waals surface area (Å²) < 4.78 is 5.83. The first-order chi connectivity index (χ1) is 11.6. The fourth-order valence-corrected chi connectivity index (χ4v) is 3.19. The molecule has 0 N–H and O–H groups in total. The molecule has 0 unspecified atom stereocenters. The Morgan fingerprint density at radius 3 is 1.72 bits per heavy atom. The van der Waals surface area contributed by atoms with E-state index in [1.54, 1.807) is 36.4 Å². The van der Waals surface area contributed by atoms with Crippen molar-refractivity contribution in [3.8, 4) is 11.5 Å². The average molecular weight is 339 g/mol. The number of benzene rings is 3. The van der Waals surface area contributed by atoms with Crippen LogP contribution in [0.3, 0.4) is 0 Å². The largest absolute Gasteiger partial charge is 1.00 e. The number of ether oxygens (including phenoxy) is 1. The topological polar surface area (TPSA) is 72.4 Å². The van der Waals surface area contributed by atoms with Crippen LogP contribution in [0.5, 0.6) is 11.5 Å². The minimum absolute atomic E-state index is 0. The number of esters is 1. The molecule has 0 amide bonds. The summed E-state index contributed by atoms with van der Waals surface area (Å²) in [6.07, 6.45) is 0. The van der Waals surface area contributed by atoms with Crippen molar-refractivity contribution in [2.45, 2.75) is 5.60 Å². The minimum atomic E-state index is -1.16. The van der Waals surface area contributed by atoms with Crippen molar-refractivity contribution in [2.24, 2.45) is 0 Å². The molecule has 118 valence electrons. The molecule has 1 heterocycles. The molecule has 0 aliphatic carbocycles. The number of fused-ring (bicyclic) bond motifs is 1. The van der Waals surface area contributed by atoms with Gasteiger partial charge in [-0.05, 0) is 6.07 Å². The molecule has 0 aromatic heterocycles. The molecule has 0 saturated carbocycles. The van der Waals surface area contributed by atoms with E-state index in [9.17, 15) is 15.0 Å². The van der Waals surface area contributed by atoms with Crippen molar-refractivity contribution in [2.75, 3.05) is 0 Å². The van der Waals surface area contributed by atoms with Crippen molar-refractivity contribution >= 4 is 5.97 Å². The Kier molecular flexibility index (Phi) is 4.60. The van der Waals surface area contributed by atoms with E-state index in [1.807, 2.05) is 12.1 Å². The molecule has 0 fully saturated rings. The first kappa shape index (κ1) is 17.5. The molecule has 0 saturated heterocycles. The zero-order chi connectivity index (χ0) is 16.7. The van der Waals surface area contributed by atoms with Gasteiger partial charge >= 0.3 is 35.5 Å². The van der Waals surface area contributed by atoms with Gasteiger partial charge in [0.2, 0.25) is 0 Å². The summed E-state index contributed by atoms with van der Waals surface area (Å²) in [7, 11) is 0. The molecule has 0 atom stereocenters. The molecular formula is C20H12NaO4-. The fourth-order valence-electron chi connectivity index (χ4n) is 3.19. The van der Waals surface area contributed by atoms with Crippen molar-refractivity contribution in [1.29, 1.82) is 0 Å². The van der Waals surface area contributed by atoms with Crippen molar-refractivity contribution in [3.05, 3.63) is 95.1 Å². The van der Waals surface area contributed by atoms with Gasteiger partial charge in [0.15, 0.2) is 5.60 Å². The Morgan fingerprint density at radius 2 is 1.20 bits per heavy atom. The zero-order valence-electron chi connectivity index (χ0n) is 13.6. The summed E-state index contributed by atoms with van der Waals surface area (Å²) in [6, 6.07) is 19.5. The number of rotatable bonds is 2. The first-order valence-electron chi connectivity index (χ1n) is 7.49.